The predicted octanol–water partition coefficient (Wildman–Crippen LogP) is 2.35. The van der Waals surface area contributed by atoms with E-state index in [-0.39, 0.29) is 23.7 Å². The molecule has 0 amide bonds. The summed E-state index contributed by atoms with van der Waals surface area (Å²) < 4.78 is 10.8. The second kappa shape index (κ2) is 6.46. The van der Waals surface area contributed by atoms with Gasteiger partial charge in [0.1, 0.15) is 18.0 Å². The Morgan fingerprint density at radius 2 is 2.09 bits per heavy atom. The molecule has 0 aromatic carbocycles. The number of hydrogen-bond donors (Lipinski definition) is 0. The predicted molar refractivity (Wildman–Crippen MR) is 79.8 cm³/mol. The molecule has 1 aliphatic carbocycles. The van der Waals surface area contributed by atoms with Gasteiger partial charge in [-0.2, -0.15) is 0 Å². The van der Waals surface area contributed by atoms with Crippen molar-refractivity contribution in [2.75, 3.05) is 0 Å². The van der Waals surface area contributed by atoms with Crippen molar-refractivity contribution in [2.24, 2.45) is 11.8 Å². The summed E-state index contributed by atoms with van der Waals surface area (Å²) in [6.07, 6.45) is 2.73. The first-order chi connectivity index (χ1) is 10.3. The molecule has 1 fully saturated rings. The molecule has 1 saturated heterocycles. The van der Waals surface area contributed by atoms with Crippen LogP contribution in [0.5, 0.6) is 0 Å². The lowest BCUT2D eigenvalue weighted by atomic mass is 9.89. The number of hydrogen-bond acceptors (Lipinski definition) is 5. The molecule has 2 rings (SSSR count). The fourth-order valence-electron chi connectivity index (χ4n) is 3.18. The second-order valence-electron chi connectivity index (χ2n) is 6.15. The maximum atomic E-state index is 11.8. The van der Waals surface area contributed by atoms with Gasteiger partial charge in [-0.1, -0.05) is 19.1 Å². The van der Waals surface area contributed by atoms with Gasteiger partial charge in [0, 0.05) is 18.9 Å². The fourth-order valence-corrected chi connectivity index (χ4v) is 3.18. The van der Waals surface area contributed by atoms with Crippen LogP contribution in [0.4, 0.5) is 0 Å². The summed E-state index contributed by atoms with van der Waals surface area (Å²) in [5, 5.41) is 0. The highest BCUT2D eigenvalue weighted by Crippen LogP contribution is 2.40. The Morgan fingerprint density at radius 3 is 2.68 bits per heavy atom. The molecule has 5 heteroatoms. The van der Waals surface area contributed by atoms with Crippen molar-refractivity contribution < 1.29 is 23.9 Å². The lowest BCUT2D eigenvalue weighted by Crippen LogP contribution is -2.30. The Labute approximate surface area is 130 Å². The number of Topliss-reactive ketones (excluding diaryl/α,β-unsaturated/α-hetero) is 1. The van der Waals surface area contributed by atoms with E-state index >= 15 is 0 Å². The van der Waals surface area contributed by atoms with Gasteiger partial charge in [0.15, 0.2) is 0 Å². The first-order valence-corrected chi connectivity index (χ1v) is 7.56. The van der Waals surface area contributed by atoms with Crippen molar-refractivity contribution in [3.8, 4) is 0 Å². The molecule has 5 nitrogen and oxygen atoms in total. The summed E-state index contributed by atoms with van der Waals surface area (Å²) in [5.74, 6) is -0.884. The molecule has 0 radical (unpaired) electrons. The number of ether oxygens (including phenoxy) is 2. The van der Waals surface area contributed by atoms with Crippen molar-refractivity contribution >= 4 is 17.7 Å². The van der Waals surface area contributed by atoms with Gasteiger partial charge in [-0.3, -0.25) is 4.79 Å². The summed E-state index contributed by atoms with van der Waals surface area (Å²) >= 11 is 0. The van der Waals surface area contributed by atoms with E-state index in [4.69, 9.17) is 9.47 Å². The van der Waals surface area contributed by atoms with Crippen molar-refractivity contribution in [2.45, 2.75) is 52.2 Å². The van der Waals surface area contributed by atoms with Crippen LogP contribution >= 0.6 is 0 Å². The van der Waals surface area contributed by atoms with Crippen molar-refractivity contribution in [1.82, 2.24) is 0 Å². The van der Waals surface area contributed by atoms with Gasteiger partial charge in [-0.15, -0.1) is 0 Å². The highest BCUT2D eigenvalue weighted by molar-refractivity contribution is 5.91. The lowest BCUT2D eigenvalue weighted by Gasteiger charge is -2.22. The fraction of sp³-hybridized carbons (Fsp3) is 0.588. The number of fused-ring (bicyclic) bond motifs is 1. The van der Waals surface area contributed by atoms with Crippen LogP contribution < -0.4 is 0 Å². The molecule has 0 bridgehead atoms. The molecule has 0 aromatic rings. The number of allylic oxidation sites excluding steroid dienone is 1. The third-order valence-electron chi connectivity index (χ3n) is 4.34. The van der Waals surface area contributed by atoms with Gasteiger partial charge >= 0.3 is 11.9 Å². The molecule has 0 aromatic heterocycles. The molecule has 0 unspecified atom stereocenters. The average molecular weight is 306 g/mol. The van der Waals surface area contributed by atoms with Gasteiger partial charge in [0.05, 0.1) is 5.92 Å². The Hall–Kier alpha value is -1.91. The molecule has 1 aliphatic heterocycles. The van der Waals surface area contributed by atoms with E-state index in [2.05, 4.69) is 6.58 Å². The molecule has 0 N–H and O–H groups in total. The van der Waals surface area contributed by atoms with Crippen LogP contribution in [0.2, 0.25) is 0 Å². The van der Waals surface area contributed by atoms with E-state index in [1.54, 1.807) is 6.92 Å². The van der Waals surface area contributed by atoms with Crippen LogP contribution in [-0.2, 0) is 23.9 Å². The molecule has 0 saturated carbocycles. The van der Waals surface area contributed by atoms with Crippen LogP contribution in [-0.4, -0.2) is 29.9 Å². The summed E-state index contributed by atoms with van der Waals surface area (Å²) in [4.78, 5) is 34.4. The minimum absolute atomic E-state index is 0.123. The Balaban J connectivity index is 2.30. The van der Waals surface area contributed by atoms with Gasteiger partial charge < -0.3 is 14.3 Å². The second-order valence-corrected chi connectivity index (χ2v) is 6.15. The maximum Gasteiger partial charge on any atom is 0.334 e. The third-order valence-corrected chi connectivity index (χ3v) is 4.34. The first kappa shape index (κ1) is 16.5. The smallest absolute Gasteiger partial charge is 0.334 e. The SMILES string of the molecule is C=C1C(=O)O[C@H]2C[C@H](C)C(CCC(C)=O)=C[C@H](OC(C)=O)[C@@H]12. The van der Waals surface area contributed by atoms with E-state index < -0.39 is 18.0 Å². The van der Waals surface area contributed by atoms with Crippen LogP contribution in [0.1, 0.15) is 40.0 Å². The topological polar surface area (TPSA) is 69.7 Å². The number of esters is 2. The van der Waals surface area contributed by atoms with E-state index in [9.17, 15) is 14.4 Å². The highest BCUT2D eigenvalue weighted by atomic mass is 16.6. The summed E-state index contributed by atoms with van der Waals surface area (Å²) in [7, 11) is 0. The van der Waals surface area contributed by atoms with E-state index in [1.807, 2.05) is 13.0 Å². The Bertz CT molecular complexity index is 545. The Kier molecular flexibility index (Phi) is 4.84. The van der Waals surface area contributed by atoms with Crippen molar-refractivity contribution in [1.29, 1.82) is 0 Å². The average Bonchev–Trinajstić information content (AvgIpc) is 2.60. The summed E-state index contributed by atoms with van der Waals surface area (Å²) in [5.41, 5.74) is 1.42. The monoisotopic (exact) mass is 306 g/mol. The molecule has 22 heavy (non-hydrogen) atoms. The minimum Gasteiger partial charge on any atom is -0.458 e. The highest BCUT2D eigenvalue weighted by Gasteiger charge is 2.46. The van der Waals surface area contributed by atoms with E-state index in [1.165, 1.54) is 6.92 Å². The zero-order chi connectivity index (χ0) is 16.4. The molecular weight excluding hydrogens is 284 g/mol. The zero-order valence-electron chi connectivity index (χ0n) is 13.3. The van der Waals surface area contributed by atoms with Gasteiger partial charge in [0.25, 0.3) is 0 Å². The van der Waals surface area contributed by atoms with Gasteiger partial charge in [-0.05, 0) is 31.8 Å². The maximum absolute atomic E-state index is 11.8. The van der Waals surface area contributed by atoms with Crippen molar-refractivity contribution in [3.63, 3.8) is 0 Å². The number of carbonyl (C=O) groups excluding carboxylic acids is 3. The molecule has 0 spiro atoms. The van der Waals surface area contributed by atoms with Gasteiger partial charge in [0.2, 0.25) is 0 Å². The Morgan fingerprint density at radius 1 is 1.41 bits per heavy atom. The van der Waals surface area contributed by atoms with Gasteiger partial charge in [-0.25, -0.2) is 4.79 Å². The normalized spacial score (nSPS) is 31.0. The van der Waals surface area contributed by atoms with Crippen LogP contribution in [0, 0.1) is 11.8 Å². The van der Waals surface area contributed by atoms with Crippen LogP contribution in [0.25, 0.3) is 0 Å². The van der Waals surface area contributed by atoms with Crippen LogP contribution in [0.15, 0.2) is 23.8 Å². The number of rotatable bonds is 4. The first-order valence-electron chi connectivity index (χ1n) is 7.56. The molecule has 4 atom stereocenters. The van der Waals surface area contributed by atoms with E-state index in [0.717, 1.165) is 5.57 Å². The molecule has 2 aliphatic rings. The summed E-state index contributed by atoms with van der Waals surface area (Å²) in [6.45, 7) is 8.73. The molecule has 120 valence electrons. The largest absolute Gasteiger partial charge is 0.458 e. The summed E-state index contributed by atoms with van der Waals surface area (Å²) in [6, 6.07) is 0. The van der Waals surface area contributed by atoms with Crippen molar-refractivity contribution in [3.05, 3.63) is 23.8 Å². The standard InChI is InChI=1S/C17H22O5/c1-9-7-14-16(11(3)17(20)22-14)15(21-12(4)19)8-13(9)6-5-10(2)18/h8-9,14-16H,3,5-7H2,1-2,4H3/t9-,14-,15-,16-/m0/s1. The molecule has 1 heterocycles. The molecular formula is C17H22O5. The number of ketones is 1. The zero-order valence-corrected chi connectivity index (χ0v) is 13.3. The lowest BCUT2D eigenvalue weighted by molar-refractivity contribution is -0.147. The third kappa shape index (κ3) is 3.46. The minimum atomic E-state index is -0.562. The number of carbonyl (C=O) groups is 3. The van der Waals surface area contributed by atoms with E-state index in [0.29, 0.717) is 24.8 Å². The quantitative estimate of drug-likeness (QED) is 0.453. The van der Waals surface area contributed by atoms with Crippen LogP contribution in [0.3, 0.4) is 0 Å².